The van der Waals surface area contributed by atoms with E-state index in [4.69, 9.17) is 0 Å². The molecule has 0 spiro atoms. The number of anilines is 1. The molecule has 0 radical (unpaired) electrons. The fourth-order valence-corrected chi connectivity index (χ4v) is 6.18. The Bertz CT molecular complexity index is 1430. The van der Waals surface area contributed by atoms with Gasteiger partial charge in [0, 0.05) is 36.9 Å². The van der Waals surface area contributed by atoms with Crippen LogP contribution in [0.3, 0.4) is 0 Å². The summed E-state index contributed by atoms with van der Waals surface area (Å²) in [4.78, 5) is 29.0. The van der Waals surface area contributed by atoms with Crippen molar-refractivity contribution in [1.29, 1.82) is 0 Å². The number of benzene rings is 3. The second-order valence-electron chi connectivity index (χ2n) is 10.4. The third-order valence-corrected chi connectivity index (χ3v) is 8.52. The first-order valence-electron chi connectivity index (χ1n) is 13.9. The number of aryl methyl sites for hydroxylation is 2. The van der Waals surface area contributed by atoms with Crippen molar-refractivity contribution < 1.29 is 18.0 Å². The van der Waals surface area contributed by atoms with Crippen molar-refractivity contribution in [2.45, 2.75) is 59.0 Å². The number of nitrogens with zero attached hydrogens (tertiary/aromatic N) is 2. The van der Waals surface area contributed by atoms with Gasteiger partial charge in [-0.15, -0.1) is 0 Å². The summed E-state index contributed by atoms with van der Waals surface area (Å²) >= 11 is 3.51. The van der Waals surface area contributed by atoms with Gasteiger partial charge in [-0.25, -0.2) is 8.42 Å². The number of rotatable bonds is 14. The van der Waals surface area contributed by atoms with Crippen molar-refractivity contribution >= 4 is 43.5 Å². The van der Waals surface area contributed by atoms with Gasteiger partial charge in [0.25, 0.3) is 0 Å². The summed E-state index contributed by atoms with van der Waals surface area (Å²) in [5, 5.41) is 2.98. The normalized spacial score (nSPS) is 12.0. The van der Waals surface area contributed by atoms with E-state index >= 15 is 0 Å². The zero-order chi connectivity index (χ0) is 30.0. The molecule has 0 aliphatic rings. The van der Waals surface area contributed by atoms with Gasteiger partial charge >= 0.3 is 0 Å². The summed E-state index contributed by atoms with van der Waals surface area (Å²) < 4.78 is 27.8. The largest absolute Gasteiger partial charge is 0.354 e. The average Bonchev–Trinajstić information content (AvgIpc) is 2.93. The fraction of sp³-hybridized carbons (Fsp3) is 0.375. The van der Waals surface area contributed by atoms with E-state index in [1.54, 1.807) is 4.90 Å². The van der Waals surface area contributed by atoms with Crippen molar-refractivity contribution in [2.75, 3.05) is 23.7 Å². The van der Waals surface area contributed by atoms with Gasteiger partial charge in [0.15, 0.2) is 0 Å². The summed E-state index contributed by atoms with van der Waals surface area (Å²) in [6.45, 7) is 6.71. The number of hydrogen-bond donors (Lipinski definition) is 1. The van der Waals surface area contributed by atoms with E-state index in [1.165, 1.54) is 10.6 Å². The topological polar surface area (TPSA) is 86.8 Å². The van der Waals surface area contributed by atoms with Crippen LogP contribution in [-0.2, 0) is 32.6 Å². The standard InChI is InChI=1S/C32H40BrN3O4S/c1-5-18-34-32(38)30(22-26-11-7-6-8-12-26)35(23-27-13-9-14-28(33)21-27)31(37)15-10-19-36(41(4,39)40)29-20-24(2)16-17-25(29)3/h6-9,11-14,16-17,20-21,30H,5,10,15,18-19,22-23H2,1-4H3,(H,34,38)/t30-/m1/s1. The highest BCUT2D eigenvalue weighted by Gasteiger charge is 2.30. The lowest BCUT2D eigenvalue weighted by molar-refractivity contribution is -0.141. The molecule has 3 aromatic carbocycles. The van der Waals surface area contributed by atoms with Gasteiger partial charge in [-0.3, -0.25) is 13.9 Å². The zero-order valence-corrected chi connectivity index (χ0v) is 26.7. The molecule has 7 nitrogen and oxygen atoms in total. The Morgan fingerprint density at radius 2 is 1.66 bits per heavy atom. The van der Waals surface area contributed by atoms with Crippen LogP contribution in [0.5, 0.6) is 0 Å². The van der Waals surface area contributed by atoms with Crippen LogP contribution in [0.4, 0.5) is 5.69 Å². The van der Waals surface area contributed by atoms with E-state index < -0.39 is 16.1 Å². The Hall–Kier alpha value is -3.17. The number of amides is 2. The number of carbonyl (C=O) groups excluding carboxylic acids is 2. The van der Waals surface area contributed by atoms with E-state index in [9.17, 15) is 18.0 Å². The molecule has 3 rings (SSSR count). The Kier molecular flexibility index (Phi) is 12.0. The second kappa shape index (κ2) is 15.2. The molecule has 0 unspecified atom stereocenters. The SMILES string of the molecule is CCCNC(=O)[C@@H](Cc1ccccc1)N(Cc1cccc(Br)c1)C(=O)CCCN(c1cc(C)ccc1C)S(C)(=O)=O. The molecule has 9 heteroatoms. The molecule has 0 aromatic heterocycles. The van der Waals surface area contributed by atoms with E-state index in [2.05, 4.69) is 21.2 Å². The van der Waals surface area contributed by atoms with Gasteiger partial charge in [-0.2, -0.15) is 0 Å². The highest BCUT2D eigenvalue weighted by atomic mass is 79.9. The first-order chi connectivity index (χ1) is 19.5. The lowest BCUT2D eigenvalue weighted by Gasteiger charge is -2.32. The van der Waals surface area contributed by atoms with Gasteiger partial charge in [-0.05, 0) is 67.1 Å². The summed E-state index contributed by atoms with van der Waals surface area (Å²) in [6.07, 6.45) is 2.74. The van der Waals surface area contributed by atoms with Crippen LogP contribution in [0.15, 0.2) is 77.3 Å². The molecule has 0 saturated heterocycles. The molecule has 41 heavy (non-hydrogen) atoms. The van der Waals surface area contributed by atoms with Crippen LogP contribution in [0.1, 0.15) is 48.4 Å². The number of hydrogen-bond acceptors (Lipinski definition) is 4. The molecular weight excluding hydrogens is 602 g/mol. The smallest absolute Gasteiger partial charge is 0.243 e. The number of halogens is 1. The minimum Gasteiger partial charge on any atom is -0.354 e. The van der Waals surface area contributed by atoms with Crippen molar-refractivity contribution in [2.24, 2.45) is 0 Å². The molecule has 2 amide bonds. The Morgan fingerprint density at radius 3 is 2.32 bits per heavy atom. The maximum absolute atomic E-state index is 13.9. The van der Waals surface area contributed by atoms with Gasteiger partial charge in [0.05, 0.1) is 11.9 Å². The molecule has 0 bridgehead atoms. The Labute approximate surface area is 253 Å². The van der Waals surface area contributed by atoms with Gasteiger partial charge in [-0.1, -0.05) is 77.5 Å². The van der Waals surface area contributed by atoms with Crippen LogP contribution in [0, 0.1) is 13.8 Å². The molecule has 0 aliphatic carbocycles. The van der Waals surface area contributed by atoms with Crippen LogP contribution < -0.4 is 9.62 Å². The van der Waals surface area contributed by atoms with Gasteiger partial charge < -0.3 is 10.2 Å². The fourth-order valence-electron chi connectivity index (χ4n) is 4.72. The van der Waals surface area contributed by atoms with Crippen molar-refractivity contribution in [3.63, 3.8) is 0 Å². The lowest BCUT2D eigenvalue weighted by atomic mass is 10.0. The third kappa shape index (κ3) is 9.71. The summed E-state index contributed by atoms with van der Waals surface area (Å²) in [7, 11) is -3.57. The first-order valence-corrected chi connectivity index (χ1v) is 16.5. The predicted molar refractivity (Wildman–Crippen MR) is 169 cm³/mol. The molecule has 0 aliphatic heterocycles. The van der Waals surface area contributed by atoms with E-state index in [1.807, 2.05) is 93.6 Å². The monoisotopic (exact) mass is 641 g/mol. The zero-order valence-electron chi connectivity index (χ0n) is 24.3. The molecule has 0 heterocycles. The highest BCUT2D eigenvalue weighted by Crippen LogP contribution is 2.25. The van der Waals surface area contributed by atoms with Gasteiger partial charge in [0.1, 0.15) is 6.04 Å². The summed E-state index contributed by atoms with van der Waals surface area (Å²) in [5.41, 5.74) is 4.26. The number of carbonyl (C=O) groups is 2. The molecule has 220 valence electrons. The maximum atomic E-state index is 13.9. The summed E-state index contributed by atoms with van der Waals surface area (Å²) in [6, 6.07) is 22.3. The van der Waals surface area contributed by atoms with Crippen LogP contribution in [-0.4, -0.2) is 50.5 Å². The van der Waals surface area contributed by atoms with Crippen molar-refractivity contribution in [3.8, 4) is 0 Å². The average molecular weight is 643 g/mol. The molecule has 0 saturated carbocycles. The Balaban J connectivity index is 1.89. The molecule has 0 fully saturated rings. The van der Waals surface area contributed by atoms with Crippen LogP contribution >= 0.6 is 15.9 Å². The molecule has 1 N–H and O–H groups in total. The minimum absolute atomic E-state index is 0.0945. The summed E-state index contributed by atoms with van der Waals surface area (Å²) in [5.74, 6) is -0.404. The minimum atomic E-state index is -3.57. The van der Waals surface area contributed by atoms with Crippen LogP contribution in [0.2, 0.25) is 0 Å². The first kappa shape index (κ1) is 32.3. The van der Waals surface area contributed by atoms with E-state index in [0.717, 1.165) is 33.1 Å². The van der Waals surface area contributed by atoms with E-state index in [0.29, 0.717) is 25.1 Å². The van der Waals surface area contributed by atoms with Crippen LogP contribution in [0.25, 0.3) is 0 Å². The maximum Gasteiger partial charge on any atom is 0.243 e. The Morgan fingerprint density at radius 1 is 0.951 bits per heavy atom. The second-order valence-corrected chi connectivity index (χ2v) is 13.2. The number of sulfonamides is 1. The van der Waals surface area contributed by atoms with Gasteiger partial charge in [0.2, 0.25) is 21.8 Å². The molecule has 1 atom stereocenters. The lowest BCUT2D eigenvalue weighted by Crippen LogP contribution is -2.50. The number of nitrogens with one attached hydrogen (secondary N) is 1. The van der Waals surface area contributed by atoms with E-state index in [-0.39, 0.29) is 31.3 Å². The quantitative estimate of drug-likeness (QED) is 0.242. The third-order valence-electron chi connectivity index (χ3n) is 6.85. The highest BCUT2D eigenvalue weighted by molar-refractivity contribution is 9.10. The predicted octanol–water partition coefficient (Wildman–Crippen LogP) is 5.78. The molecule has 3 aromatic rings. The van der Waals surface area contributed by atoms with Crippen molar-refractivity contribution in [1.82, 2.24) is 10.2 Å². The van der Waals surface area contributed by atoms with Crippen molar-refractivity contribution in [3.05, 3.63) is 99.5 Å². The molecular formula is C32H40BrN3O4S.